The topological polar surface area (TPSA) is 38.7 Å². The summed E-state index contributed by atoms with van der Waals surface area (Å²) in [6.07, 6.45) is 0. The number of hydrogen-bond acceptors (Lipinski definition) is 3. The highest BCUT2D eigenvalue weighted by atomic mass is 15.0. The van der Waals surface area contributed by atoms with Crippen LogP contribution in [-0.4, -0.2) is 15.0 Å². The minimum absolute atomic E-state index is 0.530. The Hall–Kier alpha value is -7.49. The van der Waals surface area contributed by atoms with E-state index in [1.807, 2.05) is 18.2 Å². The molecule has 57 heavy (non-hydrogen) atoms. The normalized spacial score (nSPS) is 12.7. The third-order valence-electron chi connectivity index (χ3n) is 11.6. The molecule has 1 aromatic heterocycles. The third kappa shape index (κ3) is 5.32. The molecule has 266 valence electrons. The van der Waals surface area contributed by atoms with E-state index in [4.69, 9.17) is 15.0 Å². The average Bonchev–Trinajstić information content (AvgIpc) is 3.59. The smallest absolute Gasteiger partial charge is 0.164 e. The maximum Gasteiger partial charge on any atom is 0.164 e. The van der Waals surface area contributed by atoms with Gasteiger partial charge in [-0.1, -0.05) is 194 Å². The van der Waals surface area contributed by atoms with Crippen molar-refractivity contribution in [2.24, 2.45) is 0 Å². The van der Waals surface area contributed by atoms with Crippen LogP contribution in [0, 0.1) is 0 Å². The maximum atomic E-state index is 5.34. The Kier molecular flexibility index (Phi) is 7.71. The molecular weight excluding hydrogens is 691 g/mol. The van der Waals surface area contributed by atoms with Crippen LogP contribution >= 0.6 is 0 Å². The van der Waals surface area contributed by atoms with Crippen molar-refractivity contribution < 1.29 is 0 Å². The van der Waals surface area contributed by atoms with E-state index in [-0.39, 0.29) is 0 Å². The van der Waals surface area contributed by atoms with Gasteiger partial charge < -0.3 is 0 Å². The van der Waals surface area contributed by atoms with Gasteiger partial charge in [0.05, 0.1) is 5.41 Å². The van der Waals surface area contributed by atoms with Crippen molar-refractivity contribution in [2.75, 3.05) is 0 Å². The Morgan fingerprint density at radius 3 is 1.53 bits per heavy atom. The standard InChI is InChI=1S/C54H35N3/c1-4-17-37(18-5-1)51-55-52(57-53(56-51)48-33-32-43(44-24-12-13-25-45(44)48)39-29-28-36-16-10-11-19-38(36)34-39)40-30-31-47-46-26-14-15-27-49(46)54(50(47)35-40,41-20-6-2-7-21-41)42-22-8-3-9-23-42/h1-35H. The van der Waals surface area contributed by atoms with E-state index in [1.165, 1.54) is 55.3 Å². The number of nitrogens with zero attached hydrogens (tertiary/aromatic N) is 3. The fraction of sp³-hybridized carbons (Fsp3) is 0.0185. The first-order valence-electron chi connectivity index (χ1n) is 19.4. The Bertz CT molecular complexity index is 3080. The van der Waals surface area contributed by atoms with E-state index in [0.29, 0.717) is 17.5 Å². The Morgan fingerprint density at radius 2 is 0.789 bits per heavy atom. The van der Waals surface area contributed by atoms with Crippen molar-refractivity contribution in [3.8, 4) is 56.4 Å². The number of hydrogen-bond donors (Lipinski definition) is 0. The van der Waals surface area contributed by atoms with Crippen molar-refractivity contribution in [3.05, 3.63) is 235 Å². The lowest BCUT2D eigenvalue weighted by Crippen LogP contribution is -2.28. The summed E-state index contributed by atoms with van der Waals surface area (Å²) in [4.78, 5) is 15.8. The van der Waals surface area contributed by atoms with E-state index in [1.54, 1.807) is 0 Å². The molecule has 0 bridgehead atoms. The fourth-order valence-electron chi connectivity index (χ4n) is 9.03. The van der Waals surface area contributed by atoms with Crippen molar-refractivity contribution in [1.82, 2.24) is 15.0 Å². The quantitative estimate of drug-likeness (QED) is 0.171. The Balaban J connectivity index is 1.13. The molecule has 10 aromatic rings. The molecule has 0 amide bonds. The molecular formula is C54H35N3. The van der Waals surface area contributed by atoms with Gasteiger partial charge in [0.2, 0.25) is 0 Å². The second-order valence-corrected chi connectivity index (χ2v) is 14.7. The Morgan fingerprint density at radius 1 is 0.281 bits per heavy atom. The summed E-state index contributed by atoms with van der Waals surface area (Å²) in [5, 5.41) is 4.70. The first kappa shape index (κ1) is 32.9. The zero-order valence-corrected chi connectivity index (χ0v) is 31.0. The molecule has 3 nitrogen and oxygen atoms in total. The van der Waals surface area contributed by atoms with Crippen molar-refractivity contribution in [3.63, 3.8) is 0 Å². The van der Waals surface area contributed by atoms with E-state index in [0.717, 1.165) is 27.5 Å². The number of fused-ring (bicyclic) bond motifs is 5. The van der Waals surface area contributed by atoms with Gasteiger partial charge in [-0.25, -0.2) is 15.0 Å². The first-order chi connectivity index (χ1) is 28.3. The maximum absolute atomic E-state index is 5.34. The summed E-state index contributed by atoms with van der Waals surface area (Å²) in [6.45, 7) is 0. The first-order valence-corrected chi connectivity index (χ1v) is 19.4. The second kappa shape index (κ2) is 13.4. The molecule has 0 aliphatic heterocycles. The molecule has 1 aliphatic carbocycles. The lowest BCUT2D eigenvalue weighted by atomic mass is 9.67. The third-order valence-corrected chi connectivity index (χ3v) is 11.6. The summed E-state index contributed by atoms with van der Waals surface area (Å²) in [5.74, 6) is 1.91. The van der Waals surface area contributed by atoms with Crippen LogP contribution in [0.1, 0.15) is 22.3 Å². The molecule has 0 atom stereocenters. The summed E-state index contributed by atoms with van der Waals surface area (Å²) < 4.78 is 0. The van der Waals surface area contributed by atoms with Crippen LogP contribution in [0.25, 0.3) is 78.0 Å². The summed E-state index contributed by atoms with van der Waals surface area (Å²) in [6, 6.07) is 75.8. The van der Waals surface area contributed by atoms with Gasteiger partial charge in [0, 0.05) is 16.7 Å². The zero-order chi connectivity index (χ0) is 37.8. The van der Waals surface area contributed by atoms with Gasteiger partial charge in [0.1, 0.15) is 0 Å². The van der Waals surface area contributed by atoms with Gasteiger partial charge >= 0.3 is 0 Å². The van der Waals surface area contributed by atoms with Crippen LogP contribution in [0.4, 0.5) is 0 Å². The average molecular weight is 726 g/mol. The lowest BCUT2D eigenvalue weighted by Gasteiger charge is -2.34. The molecule has 0 saturated carbocycles. The van der Waals surface area contributed by atoms with Gasteiger partial charge in [-0.15, -0.1) is 0 Å². The SMILES string of the molecule is c1ccc(-c2nc(-c3ccc4c(c3)C(c3ccccc3)(c3ccccc3)c3ccccc3-4)nc(-c3ccc(-c4ccc5ccccc5c4)c4ccccc34)n2)cc1. The van der Waals surface area contributed by atoms with Gasteiger partial charge in [-0.2, -0.15) is 0 Å². The van der Waals surface area contributed by atoms with Crippen molar-refractivity contribution >= 4 is 21.5 Å². The highest BCUT2D eigenvalue weighted by Gasteiger charge is 2.46. The number of aromatic nitrogens is 3. The lowest BCUT2D eigenvalue weighted by molar-refractivity contribution is 0.768. The monoisotopic (exact) mass is 725 g/mol. The molecule has 0 saturated heterocycles. The van der Waals surface area contributed by atoms with E-state index in [2.05, 4.69) is 194 Å². The van der Waals surface area contributed by atoms with Crippen LogP contribution in [-0.2, 0) is 5.41 Å². The second-order valence-electron chi connectivity index (χ2n) is 14.7. The summed E-state index contributed by atoms with van der Waals surface area (Å²) in [7, 11) is 0. The molecule has 11 rings (SSSR count). The minimum atomic E-state index is -0.530. The summed E-state index contributed by atoms with van der Waals surface area (Å²) >= 11 is 0. The fourth-order valence-corrected chi connectivity index (χ4v) is 9.03. The highest BCUT2D eigenvalue weighted by molar-refractivity contribution is 6.05. The number of rotatable bonds is 6. The molecule has 0 fully saturated rings. The number of benzene rings is 9. The highest BCUT2D eigenvalue weighted by Crippen LogP contribution is 2.56. The van der Waals surface area contributed by atoms with Gasteiger partial charge in [-0.05, 0) is 84.3 Å². The van der Waals surface area contributed by atoms with Gasteiger partial charge in [-0.3, -0.25) is 0 Å². The predicted molar refractivity (Wildman–Crippen MR) is 234 cm³/mol. The van der Waals surface area contributed by atoms with Gasteiger partial charge in [0.15, 0.2) is 17.5 Å². The van der Waals surface area contributed by atoms with E-state index < -0.39 is 5.41 Å². The molecule has 0 unspecified atom stereocenters. The molecule has 1 aliphatic rings. The molecule has 0 N–H and O–H groups in total. The van der Waals surface area contributed by atoms with Crippen molar-refractivity contribution in [1.29, 1.82) is 0 Å². The molecule has 0 spiro atoms. The van der Waals surface area contributed by atoms with Crippen LogP contribution in [0.3, 0.4) is 0 Å². The van der Waals surface area contributed by atoms with Crippen LogP contribution in [0.15, 0.2) is 212 Å². The zero-order valence-electron chi connectivity index (χ0n) is 31.0. The van der Waals surface area contributed by atoms with Crippen LogP contribution < -0.4 is 0 Å². The van der Waals surface area contributed by atoms with E-state index >= 15 is 0 Å². The predicted octanol–water partition coefficient (Wildman–Crippen LogP) is 13.2. The molecule has 0 radical (unpaired) electrons. The molecule has 9 aromatic carbocycles. The molecule has 1 heterocycles. The van der Waals surface area contributed by atoms with Gasteiger partial charge in [0.25, 0.3) is 0 Å². The minimum Gasteiger partial charge on any atom is -0.208 e. The van der Waals surface area contributed by atoms with Crippen LogP contribution in [0.2, 0.25) is 0 Å². The summed E-state index contributed by atoms with van der Waals surface area (Å²) in [5.41, 5.74) is 12.1. The molecule has 3 heteroatoms. The largest absolute Gasteiger partial charge is 0.208 e. The van der Waals surface area contributed by atoms with Crippen molar-refractivity contribution in [2.45, 2.75) is 5.41 Å². The van der Waals surface area contributed by atoms with Crippen LogP contribution in [0.5, 0.6) is 0 Å². The Labute approximate surface area is 331 Å². The van der Waals surface area contributed by atoms with E-state index in [9.17, 15) is 0 Å².